The second kappa shape index (κ2) is 5.41. The molecule has 1 unspecified atom stereocenters. The molecule has 1 N–H and O–H groups in total. The molecule has 11 heteroatoms. The van der Waals surface area contributed by atoms with Gasteiger partial charge in [-0.1, -0.05) is 23.5 Å². The molecule has 0 amide bonds. The molecule has 6 nitrogen and oxygen atoms in total. The first-order valence-corrected chi connectivity index (χ1v) is 6.79. The van der Waals surface area contributed by atoms with E-state index in [1.54, 1.807) is 0 Å². The Morgan fingerprint density at radius 2 is 2.05 bits per heavy atom. The molecular weight excluding hydrogens is 301 g/mol. The van der Waals surface area contributed by atoms with Crippen LogP contribution in [-0.2, 0) is 13.2 Å². The minimum atomic E-state index is -4.50. The fraction of sp³-hybridized carbons (Fsp3) is 0.500. The van der Waals surface area contributed by atoms with E-state index >= 15 is 0 Å². The second-order valence-corrected chi connectivity index (χ2v) is 6.39. The number of halogens is 3. The summed E-state index contributed by atoms with van der Waals surface area (Å²) >= 11 is 2.51. The number of aromatic amines is 1. The number of H-pyrrole nitrogens is 1. The maximum atomic E-state index is 12.5. The smallest absolute Gasteiger partial charge is 0.302 e. The topological polar surface area (TPSA) is 72.3 Å². The van der Waals surface area contributed by atoms with E-state index in [0.717, 1.165) is 4.57 Å². The van der Waals surface area contributed by atoms with E-state index in [0.29, 0.717) is 5.16 Å². The van der Waals surface area contributed by atoms with Gasteiger partial charge in [-0.2, -0.15) is 18.3 Å². The van der Waals surface area contributed by atoms with Crippen molar-refractivity contribution in [1.82, 2.24) is 29.9 Å². The standard InChI is InChI=1S/C8H9F3N6S2/c1-4(18-6-12-3-13-15-6)19-7-16-14-5(17(7)2)8(9,10)11/h3-4H,1-2H3,(H,12,13,15). The number of hydrogen-bond donors (Lipinski definition) is 1. The molecule has 2 aromatic heterocycles. The summed E-state index contributed by atoms with van der Waals surface area (Å²) in [6.45, 7) is 1.83. The number of nitrogens with one attached hydrogen (secondary N) is 1. The van der Waals surface area contributed by atoms with Crippen LogP contribution in [0.1, 0.15) is 12.7 Å². The lowest BCUT2D eigenvalue weighted by molar-refractivity contribution is -0.147. The highest BCUT2D eigenvalue weighted by molar-refractivity contribution is 8.16. The number of hydrogen-bond acceptors (Lipinski definition) is 6. The largest absolute Gasteiger partial charge is 0.451 e. The van der Waals surface area contributed by atoms with E-state index in [9.17, 15) is 13.2 Å². The molecule has 0 spiro atoms. The average molecular weight is 310 g/mol. The number of rotatable bonds is 4. The lowest BCUT2D eigenvalue weighted by Crippen LogP contribution is -2.13. The summed E-state index contributed by atoms with van der Waals surface area (Å²) < 4.78 is 38.5. The van der Waals surface area contributed by atoms with Gasteiger partial charge in [0.25, 0.3) is 0 Å². The Morgan fingerprint density at radius 1 is 1.32 bits per heavy atom. The van der Waals surface area contributed by atoms with Crippen molar-refractivity contribution in [3.05, 3.63) is 12.2 Å². The molecule has 104 valence electrons. The zero-order valence-electron chi connectivity index (χ0n) is 9.84. The van der Waals surface area contributed by atoms with Gasteiger partial charge >= 0.3 is 6.18 Å². The third kappa shape index (κ3) is 3.41. The van der Waals surface area contributed by atoms with Crippen LogP contribution >= 0.6 is 23.5 Å². The van der Waals surface area contributed by atoms with Crippen molar-refractivity contribution < 1.29 is 13.2 Å². The molecule has 0 bridgehead atoms. The summed E-state index contributed by atoms with van der Waals surface area (Å²) in [7, 11) is 1.29. The zero-order valence-corrected chi connectivity index (χ0v) is 11.5. The molecule has 0 fully saturated rings. The van der Waals surface area contributed by atoms with Crippen LogP contribution in [0.25, 0.3) is 0 Å². The molecule has 19 heavy (non-hydrogen) atoms. The van der Waals surface area contributed by atoms with Crippen LogP contribution in [-0.4, -0.2) is 34.5 Å². The predicted octanol–water partition coefficient (Wildman–Crippen LogP) is 2.18. The first-order chi connectivity index (χ1) is 8.88. The fourth-order valence-electron chi connectivity index (χ4n) is 1.25. The van der Waals surface area contributed by atoms with E-state index in [4.69, 9.17) is 0 Å². The van der Waals surface area contributed by atoms with Crippen molar-refractivity contribution in [2.24, 2.45) is 7.05 Å². The highest BCUT2D eigenvalue weighted by Crippen LogP contribution is 2.35. The first-order valence-electron chi connectivity index (χ1n) is 5.03. The van der Waals surface area contributed by atoms with Crippen LogP contribution in [0.3, 0.4) is 0 Å². The molecular formula is C8H9F3N6S2. The lowest BCUT2D eigenvalue weighted by Gasteiger charge is -2.09. The number of thioether (sulfide) groups is 2. The van der Waals surface area contributed by atoms with E-state index in [1.165, 1.54) is 36.9 Å². The van der Waals surface area contributed by atoms with Gasteiger partial charge in [0, 0.05) is 7.05 Å². The maximum absolute atomic E-state index is 12.5. The Morgan fingerprint density at radius 3 is 2.58 bits per heavy atom. The van der Waals surface area contributed by atoms with Crippen molar-refractivity contribution in [1.29, 1.82) is 0 Å². The Kier molecular flexibility index (Phi) is 4.04. The number of nitrogens with zero attached hydrogens (tertiary/aromatic N) is 5. The Balaban J connectivity index is 2.05. The number of aromatic nitrogens is 6. The quantitative estimate of drug-likeness (QED) is 0.689. The summed E-state index contributed by atoms with van der Waals surface area (Å²) in [6, 6.07) is 0. The third-order valence-electron chi connectivity index (χ3n) is 2.03. The molecule has 0 aliphatic carbocycles. The van der Waals surface area contributed by atoms with Gasteiger partial charge in [-0.15, -0.1) is 10.2 Å². The van der Waals surface area contributed by atoms with Gasteiger partial charge in [0.15, 0.2) is 10.3 Å². The summed E-state index contributed by atoms with van der Waals surface area (Å²) in [6.07, 6.45) is -3.13. The van der Waals surface area contributed by atoms with Crippen LogP contribution in [0.15, 0.2) is 16.6 Å². The maximum Gasteiger partial charge on any atom is 0.451 e. The monoisotopic (exact) mass is 310 g/mol. The van der Waals surface area contributed by atoms with E-state index in [2.05, 4.69) is 25.4 Å². The Hall–Kier alpha value is -1.23. The van der Waals surface area contributed by atoms with Gasteiger partial charge in [0.05, 0.1) is 4.58 Å². The molecule has 2 aromatic rings. The van der Waals surface area contributed by atoms with Gasteiger partial charge in [0.2, 0.25) is 5.82 Å². The minimum absolute atomic E-state index is 0.0862. The predicted molar refractivity (Wildman–Crippen MR) is 63.6 cm³/mol. The zero-order chi connectivity index (χ0) is 14.0. The highest BCUT2D eigenvalue weighted by atomic mass is 32.2. The second-order valence-electron chi connectivity index (χ2n) is 3.46. The molecule has 2 heterocycles. The SMILES string of the molecule is CC(Sc1ncn[nH]1)Sc1nnc(C(F)(F)F)n1C. The van der Waals surface area contributed by atoms with Crippen molar-refractivity contribution in [2.45, 2.75) is 28.0 Å². The van der Waals surface area contributed by atoms with E-state index in [1.807, 2.05) is 6.92 Å². The lowest BCUT2D eigenvalue weighted by atomic mass is 10.6. The van der Waals surface area contributed by atoms with Crippen LogP contribution in [0.5, 0.6) is 0 Å². The first kappa shape index (κ1) is 14.2. The summed E-state index contributed by atoms with van der Waals surface area (Å²) in [5, 5.41) is 13.9. The molecule has 2 rings (SSSR count). The van der Waals surface area contributed by atoms with E-state index < -0.39 is 12.0 Å². The summed E-state index contributed by atoms with van der Waals surface area (Å²) in [4.78, 5) is 3.92. The average Bonchev–Trinajstić information content (AvgIpc) is 2.89. The Labute approximate surface area is 114 Å². The van der Waals surface area contributed by atoms with E-state index in [-0.39, 0.29) is 9.74 Å². The molecule has 0 saturated heterocycles. The van der Waals surface area contributed by atoms with Gasteiger partial charge in [-0.3, -0.25) is 5.10 Å². The summed E-state index contributed by atoms with van der Waals surface area (Å²) in [5.41, 5.74) is 0. The molecule has 0 aromatic carbocycles. The van der Waals surface area contributed by atoms with Gasteiger partial charge < -0.3 is 4.57 Å². The molecule has 0 radical (unpaired) electrons. The Bertz CT molecular complexity index is 537. The van der Waals surface area contributed by atoms with Crippen molar-refractivity contribution >= 4 is 23.5 Å². The van der Waals surface area contributed by atoms with Crippen molar-refractivity contribution in [3.63, 3.8) is 0 Å². The highest BCUT2D eigenvalue weighted by Gasteiger charge is 2.37. The van der Waals surface area contributed by atoms with Crippen LogP contribution < -0.4 is 0 Å². The van der Waals surface area contributed by atoms with Gasteiger partial charge in [0.1, 0.15) is 6.33 Å². The fourth-order valence-corrected chi connectivity index (χ4v) is 3.13. The van der Waals surface area contributed by atoms with Crippen LogP contribution in [0.2, 0.25) is 0 Å². The van der Waals surface area contributed by atoms with Gasteiger partial charge in [-0.05, 0) is 6.92 Å². The number of alkyl halides is 3. The minimum Gasteiger partial charge on any atom is -0.302 e. The summed E-state index contributed by atoms with van der Waals surface area (Å²) in [5.74, 6) is -1.01. The van der Waals surface area contributed by atoms with Crippen LogP contribution in [0, 0.1) is 0 Å². The third-order valence-corrected chi connectivity index (χ3v) is 4.26. The molecule has 1 atom stereocenters. The van der Waals surface area contributed by atoms with Gasteiger partial charge in [-0.25, -0.2) is 4.98 Å². The van der Waals surface area contributed by atoms with Crippen LogP contribution in [0.4, 0.5) is 13.2 Å². The normalized spacial score (nSPS) is 13.7. The molecule has 0 saturated carbocycles. The van der Waals surface area contributed by atoms with Crippen molar-refractivity contribution in [2.75, 3.05) is 0 Å². The van der Waals surface area contributed by atoms with Crippen molar-refractivity contribution in [3.8, 4) is 0 Å². The molecule has 0 aliphatic heterocycles. The molecule has 0 aliphatic rings.